The summed E-state index contributed by atoms with van der Waals surface area (Å²) in [6.07, 6.45) is -2.77. The van der Waals surface area contributed by atoms with Crippen molar-refractivity contribution in [2.75, 3.05) is 13.2 Å². The van der Waals surface area contributed by atoms with Crippen LogP contribution >= 0.6 is 0 Å². The van der Waals surface area contributed by atoms with Crippen LogP contribution < -0.4 is 0 Å². The molecular weight excluding hydrogens is 300 g/mol. The number of aliphatic hydroxyl groups is 2. The Balaban J connectivity index is 1.75. The van der Waals surface area contributed by atoms with Gasteiger partial charge in [-0.2, -0.15) is 0 Å². The average Bonchev–Trinajstić information content (AvgIpc) is 2.87. The lowest BCUT2D eigenvalue weighted by Gasteiger charge is -2.39. The minimum absolute atomic E-state index is 0.243. The maximum absolute atomic E-state index is 10.0. The van der Waals surface area contributed by atoms with E-state index in [0.29, 0.717) is 13.2 Å². The van der Waals surface area contributed by atoms with Crippen molar-refractivity contribution < 1.29 is 29.2 Å². The third-order valence-electron chi connectivity index (χ3n) is 4.17. The highest BCUT2D eigenvalue weighted by atomic mass is 16.8. The standard InChI is InChI=1S/C17H24O6/c1-17(2)22-13-10-21-14(12(19)8-18)16(15(13)23-17)20-9-11-6-4-3-5-7-11/h3-7,12-16,18-19H,8-10H2,1-2H3/t12?,13?,14?,15?,16-/m0/s1. The van der Waals surface area contributed by atoms with E-state index in [0.717, 1.165) is 5.56 Å². The quantitative estimate of drug-likeness (QED) is 0.836. The van der Waals surface area contributed by atoms with Crippen LogP contribution in [0.2, 0.25) is 0 Å². The summed E-state index contributed by atoms with van der Waals surface area (Å²) in [4.78, 5) is 0. The summed E-state index contributed by atoms with van der Waals surface area (Å²) in [6.45, 7) is 3.98. The van der Waals surface area contributed by atoms with Crippen molar-refractivity contribution in [3.05, 3.63) is 35.9 Å². The van der Waals surface area contributed by atoms with Crippen LogP contribution in [-0.2, 0) is 25.6 Å². The van der Waals surface area contributed by atoms with Crippen LogP contribution in [0.1, 0.15) is 19.4 Å². The summed E-state index contributed by atoms with van der Waals surface area (Å²) in [5.41, 5.74) is 1.02. The molecule has 5 atom stereocenters. The second-order valence-corrected chi connectivity index (χ2v) is 6.45. The number of hydrogen-bond acceptors (Lipinski definition) is 6. The fourth-order valence-corrected chi connectivity index (χ4v) is 3.15. The van der Waals surface area contributed by atoms with Crippen molar-refractivity contribution in [2.24, 2.45) is 0 Å². The lowest BCUT2D eigenvalue weighted by molar-refractivity contribution is -0.209. The van der Waals surface area contributed by atoms with Gasteiger partial charge < -0.3 is 29.2 Å². The zero-order chi connectivity index (χ0) is 16.4. The Morgan fingerprint density at radius 3 is 2.70 bits per heavy atom. The summed E-state index contributed by atoms with van der Waals surface area (Å²) < 4.78 is 23.5. The van der Waals surface area contributed by atoms with E-state index in [1.165, 1.54) is 0 Å². The summed E-state index contributed by atoms with van der Waals surface area (Å²) in [6, 6.07) is 9.76. The van der Waals surface area contributed by atoms with Crippen LogP contribution in [0.25, 0.3) is 0 Å². The molecule has 0 aliphatic carbocycles. The fraction of sp³-hybridized carbons (Fsp3) is 0.647. The molecule has 0 bridgehead atoms. The molecule has 128 valence electrons. The summed E-state index contributed by atoms with van der Waals surface area (Å²) in [5, 5.41) is 19.3. The second-order valence-electron chi connectivity index (χ2n) is 6.45. The first-order valence-electron chi connectivity index (χ1n) is 7.92. The summed E-state index contributed by atoms with van der Waals surface area (Å²) in [5.74, 6) is -0.716. The van der Waals surface area contributed by atoms with Gasteiger partial charge in [0.2, 0.25) is 0 Å². The third-order valence-corrected chi connectivity index (χ3v) is 4.17. The first kappa shape index (κ1) is 16.8. The monoisotopic (exact) mass is 324 g/mol. The first-order valence-corrected chi connectivity index (χ1v) is 7.92. The van der Waals surface area contributed by atoms with E-state index in [9.17, 15) is 10.2 Å². The average molecular weight is 324 g/mol. The number of benzene rings is 1. The predicted octanol–water partition coefficient (Wildman–Crippen LogP) is 0.844. The Labute approximate surface area is 135 Å². The Morgan fingerprint density at radius 2 is 2.00 bits per heavy atom. The molecule has 1 aromatic rings. The molecule has 1 aromatic carbocycles. The molecule has 23 heavy (non-hydrogen) atoms. The van der Waals surface area contributed by atoms with E-state index in [1.807, 2.05) is 44.2 Å². The Morgan fingerprint density at radius 1 is 1.26 bits per heavy atom. The van der Waals surface area contributed by atoms with E-state index in [4.69, 9.17) is 18.9 Å². The number of ether oxygens (including phenoxy) is 4. The van der Waals surface area contributed by atoms with Gasteiger partial charge in [-0.25, -0.2) is 0 Å². The highest BCUT2D eigenvalue weighted by Crippen LogP contribution is 2.36. The molecule has 2 N–H and O–H groups in total. The molecule has 0 radical (unpaired) electrons. The highest BCUT2D eigenvalue weighted by Gasteiger charge is 2.53. The van der Waals surface area contributed by atoms with E-state index >= 15 is 0 Å². The number of rotatable bonds is 5. The fourth-order valence-electron chi connectivity index (χ4n) is 3.15. The molecule has 0 spiro atoms. The molecule has 0 aromatic heterocycles. The van der Waals surface area contributed by atoms with Crippen molar-refractivity contribution >= 4 is 0 Å². The van der Waals surface area contributed by atoms with Gasteiger partial charge in [0.1, 0.15) is 30.5 Å². The summed E-state index contributed by atoms with van der Waals surface area (Å²) in [7, 11) is 0. The molecule has 6 nitrogen and oxygen atoms in total. The second kappa shape index (κ2) is 6.84. The molecule has 2 saturated heterocycles. The van der Waals surface area contributed by atoms with Crippen LogP contribution in [0.5, 0.6) is 0 Å². The maximum atomic E-state index is 10.0. The summed E-state index contributed by atoms with van der Waals surface area (Å²) >= 11 is 0. The predicted molar refractivity (Wildman–Crippen MR) is 81.7 cm³/mol. The van der Waals surface area contributed by atoms with Crippen molar-refractivity contribution in [3.63, 3.8) is 0 Å². The van der Waals surface area contributed by atoms with Crippen LogP contribution in [-0.4, -0.2) is 59.7 Å². The van der Waals surface area contributed by atoms with E-state index in [1.54, 1.807) is 0 Å². The minimum atomic E-state index is -1.02. The molecule has 2 heterocycles. The largest absolute Gasteiger partial charge is 0.394 e. The van der Waals surface area contributed by atoms with Gasteiger partial charge in [0.25, 0.3) is 0 Å². The van der Waals surface area contributed by atoms with Gasteiger partial charge >= 0.3 is 0 Å². The molecule has 2 fully saturated rings. The zero-order valence-electron chi connectivity index (χ0n) is 13.4. The first-order chi connectivity index (χ1) is 11.0. The zero-order valence-corrected chi connectivity index (χ0v) is 13.4. The van der Waals surface area contributed by atoms with Crippen LogP contribution in [0.15, 0.2) is 30.3 Å². The molecule has 3 rings (SSSR count). The lowest BCUT2D eigenvalue weighted by Crippen LogP contribution is -2.57. The molecule has 2 aliphatic rings. The van der Waals surface area contributed by atoms with Crippen molar-refractivity contribution in [2.45, 2.75) is 56.8 Å². The molecule has 4 unspecified atom stereocenters. The smallest absolute Gasteiger partial charge is 0.164 e. The molecule has 0 saturated carbocycles. The van der Waals surface area contributed by atoms with Gasteiger partial charge in [-0.1, -0.05) is 30.3 Å². The third kappa shape index (κ3) is 3.74. The molecule has 6 heteroatoms. The minimum Gasteiger partial charge on any atom is -0.394 e. The van der Waals surface area contributed by atoms with Crippen LogP contribution in [0.3, 0.4) is 0 Å². The normalized spacial score (nSPS) is 34.1. The lowest BCUT2D eigenvalue weighted by atomic mass is 9.96. The van der Waals surface area contributed by atoms with Gasteiger partial charge in [0.15, 0.2) is 5.79 Å². The van der Waals surface area contributed by atoms with Crippen LogP contribution in [0, 0.1) is 0 Å². The Hall–Kier alpha value is -1.02. The molecular formula is C17H24O6. The maximum Gasteiger partial charge on any atom is 0.164 e. The van der Waals surface area contributed by atoms with Crippen LogP contribution in [0.4, 0.5) is 0 Å². The number of hydrogen-bond donors (Lipinski definition) is 2. The van der Waals surface area contributed by atoms with Gasteiger partial charge in [-0.05, 0) is 19.4 Å². The topological polar surface area (TPSA) is 77.4 Å². The van der Waals surface area contributed by atoms with E-state index < -0.39 is 30.7 Å². The van der Waals surface area contributed by atoms with Gasteiger partial charge in [0, 0.05) is 0 Å². The van der Waals surface area contributed by atoms with Crippen molar-refractivity contribution in [3.8, 4) is 0 Å². The van der Waals surface area contributed by atoms with Gasteiger partial charge in [-0.3, -0.25) is 0 Å². The number of fused-ring (bicyclic) bond motifs is 1. The van der Waals surface area contributed by atoms with Gasteiger partial charge in [0.05, 0.1) is 19.8 Å². The van der Waals surface area contributed by atoms with Crippen molar-refractivity contribution in [1.82, 2.24) is 0 Å². The Bertz CT molecular complexity index is 505. The van der Waals surface area contributed by atoms with E-state index in [-0.39, 0.29) is 12.2 Å². The Kier molecular flexibility index (Phi) is 5.01. The highest BCUT2D eigenvalue weighted by molar-refractivity contribution is 5.13. The van der Waals surface area contributed by atoms with E-state index in [2.05, 4.69) is 0 Å². The SMILES string of the molecule is CC1(C)OC2COC(C(O)CO)[C@H](OCc3ccccc3)C2O1. The van der Waals surface area contributed by atoms with Crippen molar-refractivity contribution in [1.29, 1.82) is 0 Å². The van der Waals surface area contributed by atoms with Gasteiger partial charge in [-0.15, -0.1) is 0 Å². The molecule has 2 aliphatic heterocycles. The number of aliphatic hydroxyl groups excluding tert-OH is 2. The molecule has 0 amide bonds.